The second kappa shape index (κ2) is 8.63. The molecule has 0 amide bonds. The molecule has 4 aromatic rings. The molecular weight excluding hydrogens is 400 g/mol. The highest BCUT2D eigenvalue weighted by molar-refractivity contribution is 5.85. The Balaban J connectivity index is 0.00000256. The summed E-state index contributed by atoms with van der Waals surface area (Å²) in [5.41, 5.74) is 6.77. The van der Waals surface area contributed by atoms with Crippen LogP contribution in [0.4, 0.5) is 11.5 Å². The molecule has 1 N–H and O–H groups in total. The molecule has 156 valence electrons. The van der Waals surface area contributed by atoms with Crippen molar-refractivity contribution in [2.45, 2.75) is 20.8 Å². The van der Waals surface area contributed by atoms with Crippen LogP contribution in [0, 0.1) is 20.8 Å². The van der Waals surface area contributed by atoms with Crippen LogP contribution in [-0.2, 0) is 0 Å². The average Bonchev–Trinajstić information content (AvgIpc) is 3.04. The van der Waals surface area contributed by atoms with E-state index in [4.69, 9.17) is 19.6 Å². The number of rotatable bonds is 5. The molecule has 2 heterocycles. The van der Waals surface area contributed by atoms with Crippen molar-refractivity contribution in [3.8, 4) is 22.8 Å². The van der Waals surface area contributed by atoms with Gasteiger partial charge in [0.25, 0.3) is 0 Å². The predicted octanol–water partition coefficient (Wildman–Crippen LogP) is 5.50. The zero-order valence-electron chi connectivity index (χ0n) is 17.7. The summed E-state index contributed by atoms with van der Waals surface area (Å²) in [6.45, 7) is 6.10. The lowest BCUT2D eigenvalue weighted by Crippen LogP contribution is -2.02. The molecule has 0 saturated carbocycles. The Labute approximate surface area is 182 Å². The van der Waals surface area contributed by atoms with Gasteiger partial charge in [-0.25, -0.2) is 4.98 Å². The van der Waals surface area contributed by atoms with Gasteiger partial charge in [0.05, 0.1) is 19.9 Å². The molecule has 7 heteroatoms. The third-order valence-corrected chi connectivity index (χ3v) is 4.89. The number of aryl methyl sites for hydroxylation is 3. The highest BCUT2D eigenvalue weighted by Crippen LogP contribution is 2.34. The van der Waals surface area contributed by atoms with Crippen LogP contribution in [0.25, 0.3) is 16.9 Å². The second-order valence-electron chi connectivity index (χ2n) is 7.06. The number of benzene rings is 2. The molecule has 0 fully saturated rings. The van der Waals surface area contributed by atoms with Crippen LogP contribution < -0.4 is 14.8 Å². The standard InChI is InChI=1S/C23H24N4O2.ClH/c1-14-7-6-8-18(11-14)25-21-12-15(2)24-23-16(3)22(26-27(21)23)17-9-10-19(28-4)20(13-17)29-5;/h6-13,25H,1-5H3;1H. The van der Waals surface area contributed by atoms with Crippen LogP contribution in [0.2, 0.25) is 0 Å². The van der Waals surface area contributed by atoms with Crippen molar-refractivity contribution in [1.29, 1.82) is 0 Å². The lowest BCUT2D eigenvalue weighted by atomic mass is 10.1. The van der Waals surface area contributed by atoms with E-state index >= 15 is 0 Å². The monoisotopic (exact) mass is 424 g/mol. The number of hydrogen-bond donors (Lipinski definition) is 1. The normalized spacial score (nSPS) is 10.6. The topological polar surface area (TPSA) is 60.7 Å². The minimum atomic E-state index is 0. The van der Waals surface area contributed by atoms with E-state index in [1.165, 1.54) is 5.56 Å². The maximum atomic E-state index is 5.46. The summed E-state index contributed by atoms with van der Waals surface area (Å²) in [6.07, 6.45) is 0. The summed E-state index contributed by atoms with van der Waals surface area (Å²) >= 11 is 0. The quantitative estimate of drug-likeness (QED) is 0.458. The Morgan fingerprint density at radius 3 is 2.37 bits per heavy atom. The van der Waals surface area contributed by atoms with E-state index in [-0.39, 0.29) is 12.4 Å². The number of nitrogens with one attached hydrogen (secondary N) is 1. The largest absolute Gasteiger partial charge is 0.493 e. The summed E-state index contributed by atoms with van der Waals surface area (Å²) in [5, 5.41) is 8.35. The molecule has 0 spiro atoms. The third kappa shape index (κ3) is 3.91. The molecular formula is C23H25ClN4O2. The first-order valence-electron chi connectivity index (χ1n) is 9.43. The summed E-state index contributed by atoms with van der Waals surface area (Å²) < 4.78 is 12.7. The van der Waals surface area contributed by atoms with E-state index in [1.54, 1.807) is 14.2 Å². The Morgan fingerprint density at radius 1 is 0.900 bits per heavy atom. The van der Waals surface area contributed by atoms with E-state index < -0.39 is 0 Å². The number of fused-ring (bicyclic) bond motifs is 1. The number of hydrogen-bond acceptors (Lipinski definition) is 5. The molecule has 0 aliphatic heterocycles. The van der Waals surface area contributed by atoms with Crippen LogP contribution in [0.5, 0.6) is 11.5 Å². The average molecular weight is 425 g/mol. The molecule has 2 aromatic carbocycles. The number of nitrogens with zero attached hydrogens (tertiary/aromatic N) is 3. The van der Waals surface area contributed by atoms with Crippen molar-refractivity contribution in [3.05, 3.63) is 65.4 Å². The highest BCUT2D eigenvalue weighted by Gasteiger charge is 2.17. The van der Waals surface area contributed by atoms with Gasteiger partial charge in [0.2, 0.25) is 0 Å². The first-order valence-corrected chi connectivity index (χ1v) is 9.43. The van der Waals surface area contributed by atoms with Crippen molar-refractivity contribution >= 4 is 29.6 Å². The molecule has 0 unspecified atom stereocenters. The minimum absolute atomic E-state index is 0. The lowest BCUT2D eigenvalue weighted by molar-refractivity contribution is 0.355. The summed E-state index contributed by atoms with van der Waals surface area (Å²) in [7, 11) is 3.26. The second-order valence-corrected chi connectivity index (χ2v) is 7.06. The van der Waals surface area contributed by atoms with E-state index in [0.29, 0.717) is 11.5 Å². The molecule has 6 nitrogen and oxygen atoms in total. The van der Waals surface area contributed by atoms with Gasteiger partial charge in [-0.15, -0.1) is 12.4 Å². The van der Waals surface area contributed by atoms with E-state index in [2.05, 4.69) is 24.4 Å². The maximum Gasteiger partial charge on any atom is 0.161 e. The third-order valence-electron chi connectivity index (χ3n) is 4.89. The molecule has 0 saturated heterocycles. The molecule has 0 bridgehead atoms. The van der Waals surface area contributed by atoms with Gasteiger partial charge in [0.15, 0.2) is 17.1 Å². The minimum Gasteiger partial charge on any atom is -0.493 e. The van der Waals surface area contributed by atoms with Crippen molar-refractivity contribution in [2.75, 3.05) is 19.5 Å². The van der Waals surface area contributed by atoms with Crippen LogP contribution >= 0.6 is 12.4 Å². The fraction of sp³-hybridized carbons (Fsp3) is 0.217. The number of anilines is 2. The molecule has 30 heavy (non-hydrogen) atoms. The van der Waals surface area contributed by atoms with Crippen molar-refractivity contribution in [3.63, 3.8) is 0 Å². The molecule has 2 aromatic heterocycles. The zero-order chi connectivity index (χ0) is 20.5. The van der Waals surface area contributed by atoms with Crippen molar-refractivity contribution < 1.29 is 9.47 Å². The first-order chi connectivity index (χ1) is 14.0. The SMILES string of the molecule is COc1ccc(-c2nn3c(Nc4cccc(C)c4)cc(C)nc3c2C)cc1OC.Cl. The van der Waals surface area contributed by atoms with E-state index in [0.717, 1.165) is 39.7 Å². The fourth-order valence-electron chi connectivity index (χ4n) is 3.46. The zero-order valence-corrected chi connectivity index (χ0v) is 18.5. The smallest absolute Gasteiger partial charge is 0.161 e. The fourth-order valence-corrected chi connectivity index (χ4v) is 3.46. The number of ether oxygens (including phenoxy) is 2. The Hall–Kier alpha value is -3.25. The number of halogens is 1. The van der Waals surface area contributed by atoms with Gasteiger partial charge in [-0.2, -0.15) is 9.61 Å². The molecule has 4 rings (SSSR count). The van der Waals surface area contributed by atoms with Gasteiger partial charge in [0.1, 0.15) is 5.82 Å². The molecule has 0 radical (unpaired) electrons. The van der Waals surface area contributed by atoms with Gasteiger partial charge < -0.3 is 14.8 Å². The Morgan fingerprint density at radius 2 is 1.67 bits per heavy atom. The van der Waals surface area contributed by atoms with Crippen molar-refractivity contribution in [1.82, 2.24) is 14.6 Å². The van der Waals surface area contributed by atoms with Crippen LogP contribution in [-0.4, -0.2) is 28.8 Å². The summed E-state index contributed by atoms with van der Waals surface area (Å²) in [5.74, 6) is 2.23. The Kier molecular flexibility index (Phi) is 6.17. The van der Waals surface area contributed by atoms with Gasteiger partial charge in [-0.3, -0.25) is 0 Å². The van der Waals surface area contributed by atoms with Crippen LogP contribution in [0.15, 0.2) is 48.5 Å². The van der Waals surface area contributed by atoms with Crippen LogP contribution in [0.3, 0.4) is 0 Å². The predicted molar refractivity (Wildman–Crippen MR) is 123 cm³/mol. The van der Waals surface area contributed by atoms with E-state index in [9.17, 15) is 0 Å². The first kappa shape index (κ1) is 21.5. The highest BCUT2D eigenvalue weighted by atomic mass is 35.5. The van der Waals surface area contributed by atoms with Crippen molar-refractivity contribution in [2.24, 2.45) is 0 Å². The summed E-state index contributed by atoms with van der Waals surface area (Å²) in [4.78, 5) is 4.72. The van der Waals surface area contributed by atoms with Crippen LogP contribution in [0.1, 0.15) is 16.8 Å². The van der Waals surface area contributed by atoms with Gasteiger partial charge in [-0.1, -0.05) is 12.1 Å². The number of methoxy groups -OCH3 is 2. The lowest BCUT2D eigenvalue weighted by Gasteiger charge is -2.10. The molecule has 0 aliphatic carbocycles. The van der Waals surface area contributed by atoms with Gasteiger partial charge >= 0.3 is 0 Å². The molecule has 0 aliphatic rings. The van der Waals surface area contributed by atoms with E-state index in [1.807, 2.05) is 54.8 Å². The van der Waals surface area contributed by atoms with Gasteiger partial charge in [-0.05, 0) is 56.7 Å². The summed E-state index contributed by atoms with van der Waals surface area (Å²) in [6, 6.07) is 16.1. The number of aromatic nitrogens is 3. The van der Waals surface area contributed by atoms with Gasteiger partial charge in [0, 0.05) is 28.6 Å². The molecule has 0 atom stereocenters. The maximum absolute atomic E-state index is 5.46. The Bertz CT molecular complexity index is 1200.